The van der Waals surface area contributed by atoms with Crippen molar-refractivity contribution in [3.8, 4) is 17.2 Å². The lowest BCUT2D eigenvalue weighted by molar-refractivity contribution is -0.152. The van der Waals surface area contributed by atoms with Crippen molar-refractivity contribution in [2.24, 2.45) is 11.8 Å². The van der Waals surface area contributed by atoms with Gasteiger partial charge in [-0.3, -0.25) is 9.59 Å². The van der Waals surface area contributed by atoms with Gasteiger partial charge in [0.1, 0.15) is 33.4 Å². The number of carbonyl (C=O) groups is 4. The molecule has 0 radical (unpaired) electrons. The molecule has 0 spiro atoms. The minimum Gasteiger partial charge on any atom is -0.494 e. The Balaban J connectivity index is 0.978. The maximum atomic E-state index is 14.1. The van der Waals surface area contributed by atoms with E-state index in [1.54, 1.807) is 36.4 Å². The molecule has 1 atom stereocenters. The molecular formula is C52H55NO11S3. The van der Waals surface area contributed by atoms with Crippen molar-refractivity contribution in [1.29, 1.82) is 0 Å². The predicted molar refractivity (Wildman–Crippen MR) is 259 cm³/mol. The minimum atomic E-state index is -0.603. The van der Waals surface area contributed by atoms with Gasteiger partial charge in [0.2, 0.25) is 0 Å². The minimum absolute atomic E-state index is 0.182. The van der Waals surface area contributed by atoms with Gasteiger partial charge in [0.05, 0.1) is 68.1 Å². The summed E-state index contributed by atoms with van der Waals surface area (Å²) in [6.45, 7) is 9.57. The summed E-state index contributed by atoms with van der Waals surface area (Å²) in [5.41, 5.74) is 3.38. The van der Waals surface area contributed by atoms with Gasteiger partial charge in [0, 0.05) is 12.8 Å². The van der Waals surface area contributed by atoms with E-state index < -0.39 is 23.8 Å². The SMILES string of the molecule is CCCCCOC(=O)/C(=C1\Sc2c(OC(=O)c3ccc(OCCCOC4OC4(C)C)cc3)ccc(OC(=O)C3CCC(C(=O)OCCc4ccc(C)cc4)CC3)c2S1)c1nc2ccccc2s1. The van der Waals surface area contributed by atoms with Crippen molar-refractivity contribution < 1.29 is 52.3 Å². The van der Waals surface area contributed by atoms with E-state index in [0.29, 0.717) is 88.7 Å². The van der Waals surface area contributed by atoms with Crippen molar-refractivity contribution in [3.05, 3.63) is 111 Å². The Hall–Kier alpha value is -5.19. The number of nitrogens with zero attached hydrogens (tertiary/aromatic N) is 1. The Kier molecular flexibility index (Phi) is 16.1. The Morgan fingerprint density at radius 1 is 0.731 bits per heavy atom. The number of fused-ring (bicyclic) bond motifs is 2. The lowest BCUT2D eigenvalue weighted by atomic mass is 9.82. The Bertz CT molecular complexity index is 2560. The summed E-state index contributed by atoms with van der Waals surface area (Å²) in [6, 6.07) is 25.7. The van der Waals surface area contributed by atoms with Gasteiger partial charge < -0.3 is 33.2 Å². The number of para-hydroxylation sites is 1. The first-order valence-corrected chi connectivity index (χ1v) is 25.4. The molecule has 2 aliphatic heterocycles. The van der Waals surface area contributed by atoms with E-state index in [9.17, 15) is 19.2 Å². The smallest absolute Gasteiger partial charge is 0.343 e. The first-order chi connectivity index (χ1) is 32.4. The van der Waals surface area contributed by atoms with E-state index in [1.807, 2.05) is 69.3 Å². The third-order valence-corrected chi connectivity index (χ3v) is 15.4. The molecule has 1 saturated carbocycles. The Labute approximate surface area is 403 Å². The van der Waals surface area contributed by atoms with E-state index in [1.165, 1.54) is 40.4 Å². The van der Waals surface area contributed by atoms with E-state index >= 15 is 0 Å². The predicted octanol–water partition coefficient (Wildman–Crippen LogP) is 11.5. The molecule has 12 nitrogen and oxygen atoms in total. The third kappa shape index (κ3) is 12.5. The van der Waals surface area contributed by atoms with Crippen LogP contribution in [0.15, 0.2) is 99.0 Å². The molecule has 1 saturated heterocycles. The molecule has 8 rings (SSSR count). The lowest BCUT2D eigenvalue weighted by Gasteiger charge is -2.26. The Morgan fingerprint density at radius 3 is 2.07 bits per heavy atom. The number of rotatable bonds is 20. The molecule has 1 unspecified atom stereocenters. The fourth-order valence-corrected chi connectivity index (χ4v) is 11.5. The van der Waals surface area contributed by atoms with Crippen LogP contribution in [0.25, 0.3) is 15.8 Å². The molecule has 0 bridgehead atoms. The first-order valence-electron chi connectivity index (χ1n) is 22.9. The molecule has 0 amide bonds. The number of esters is 4. The number of epoxide rings is 1. The van der Waals surface area contributed by atoms with Gasteiger partial charge in [0.25, 0.3) is 0 Å². The summed E-state index contributed by atoms with van der Waals surface area (Å²) in [6.07, 6.45) is 5.71. The second kappa shape index (κ2) is 22.3. The number of carbonyl (C=O) groups excluding carboxylic acids is 4. The van der Waals surface area contributed by atoms with Gasteiger partial charge in [-0.2, -0.15) is 0 Å². The summed E-state index contributed by atoms with van der Waals surface area (Å²) in [7, 11) is 0. The Morgan fingerprint density at radius 2 is 1.40 bits per heavy atom. The van der Waals surface area contributed by atoms with E-state index in [2.05, 4.69) is 6.92 Å². The zero-order chi connectivity index (χ0) is 46.9. The first kappa shape index (κ1) is 48.3. The second-order valence-electron chi connectivity index (χ2n) is 17.3. The number of hydrogen-bond donors (Lipinski definition) is 0. The van der Waals surface area contributed by atoms with Crippen molar-refractivity contribution in [1.82, 2.24) is 4.98 Å². The topological polar surface area (TPSA) is 149 Å². The highest BCUT2D eigenvalue weighted by Crippen LogP contribution is 2.60. The third-order valence-electron chi connectivity index (χ3n) is 11.7. The number of benzene rings is 4. The summed E-state index contributed by atoms with van der Waals surface area (Å²) in [4.78, 5) is 60.5. The van der Waals surface area contributed by atoms with E-state index in [-0.39, 0.29) is 47.5 Å². The van der Waals surface area contributed by atoms with Crippen LogP contribution in [0, 0.1) is 18.8 Å². The number of unbranched alkanes of at least 4 members (excludes halogenated alkanes) is 2. The quantitative estimate of drug-likeness (QED) is 0.0239. The van der Waals surface area contributed by atoms with Crippen molar-refractivity contribution in [2.75, 3.05) is 26.4 Å². The average molecular weight is 966 g/mol. The summed E-state index contributed by atoms with van der Waals surface area (Å²) in [5, 5.41) is 0.489. The van der Waals surface area contributed by atoms with Crippen LogP contribution in [0.4, 0.5) is 0 Å². The van der Waals surface area contributed by atoms with Crippen molar-refractivity contribution in [3.63, 3.8) is 0 Å². The molecule has 3 aliphatic rings. The molecular weight excluding hydrogens is 911 g/mol. The lowest BCUT2D eigenvalue weighted by Crippen LogP contribution is -2.29. The van der Waals surface area contributed by atoms with Crippen LogP contribution in [-0.2, 0) is 39.8 Å². The zero-order valence-corrected chi connectivity index (χ0v) is 40.6. The maximum Gasteiger partial charge on any atom is 0.343 e. The number of ether oxygens (including phenoxy) is 7. The standard InChI is InChI=1S/C52H55NO11S3/c1-5-6-9-28-59-49(57)42(45-53-38-11-7-8-12-41(38)65-45)50-66-43-39(62-47(55)35-19-17-34(18-20-35)46(54)60-31-27-33-15-13-32(2)14-16-33)25-26-40(44(43)67-50)63-48(56)36-21-23-37(24-22-36)58-29-10-30-61-51-52(3,4)64-51/h7-8,11-16,21-26,34-35,51H,5-6,9-10,17-20,27-31H2,1-4H3/b50-42-. The van der Waals surface area contributed by atoms with Crippen LogP contribution in [0.5, 0.6) is 17.2 Å². The number of thioether (sulfide) groups is 2. The van der Waals surface area contributed by atoms with Crippen LogP contribution in [0.1, 0.15) is 98.6 Å². The highest BCUT2D eigenvalue weighted by atomic mass is 32.2. The highest BCUT2D eigenvalue weighted by Gasteiger charge is 2.49. The maximum absolute atomic E-state index is 14.1. The molecule has 1 aromatic heterocycles. The van der Waals surface area contributed by atoms with Gasteiger partial charge in [-0.25, -0.2) is 14.6 Å². The van der Waals surface area contributed by atoms with Crippen LogP contribution in [-0.4, -0.2) is 67.2 Å². The van der Waals surface area contributed by atoms with Gasteiger partial charge >= 0.3 is 23.9 Å². The van der Waals surface area contributed by atoms with Gasteiger partial charge in [-0.15, -0.1) is 11.3 Å². The number of hydrogen-bond acceptors (Lipinski definition) is 15. The van der Waals surface area contributed by atoms with E-state index in [0.717, 1.165) is 35.0 Å². The molecule has 0 N–H and O–H groups in total. The summed E-state index contributed by atoms with van der Waals surface area (Å²) in [5.74, 6) is -1.39. The molecule has 15 heteroatoms. The van der Waals surface area contributed by atoms with Crippen LogP contribution in [0.2, 0.25) is 0 Å². The molecule has 67 heavy (non-hydrogen) atoms. The van der Waals surface area contributed by atoms with Crippen molar-refractivity contribution >= 4 is 74.5 Å². The van der Waals surface area contributed by atoms with Gasteiger partial charge in [0.15, 0.2) is 6.29 Å². The largest absolute Gasteiger partial charge is 0.494 e. The molecule has 1 aliphatic carbocycles. The summed E-state index contributed by atoms with van der Waals surface area (Å²) < 4.78 is 42.2. The molecule has 5 aromatic rings. The molecule has 4 aromatic carbocycles. The highest BCUT2D eigenvalue weighted by molar-refractivity contribution is 8.25. The number of thiazole rings is 1. The average Bonchev–Trinajstić information content (AvgIpc) is 3.60. The van der Waals surface area contributed by atoms with Crippen LogP contribution >= 0.6 is 34.9 Å². The van der Waals surface area contributed by atoms with E-state index in [4.69, 9.17) is 38.1 Å². The van der Waals surface area contributed by atoms with Gasteiger partial charge in [-0.05, 0) is 107 Å². The fourth-order valence-electron chi connectivity index (χ4n) is 7.68. The van der Waals surface area contributed by atoms with Crippen LogP contribution in [0.3, 0.4) is 0 Å². The number of aromatic nitrogens is 1. The fraction of sp³-hybridized carbons (Fsp3) is 0.404. The summed E-state index contributed by atoms with van der Waals surface area (Å²) >= 11 is 3.87. The van der Waals surface area contributed by atoms with Gasteiger partial charge in [-0.1, -0.05) is 85.3 Å². The molecule has 2 fully saturated rings. The van der Waals surface area contributed by atoms with Crippen LogP contribution < -0.4 is 14.2 Å². The number of aryl methyl sites for hydroxylation is 1. The normalized spacial score (nSPS) is 19.0. The monoisotopic (exact) mass is 965 g/mol. The second-order valence-corrected chi connectivity index (χ2v) is 20.7. The zero-order valence-electron chi connectivity index (χ0n) is 38.2. The molecule has 352 valence electrons. The molecule has 3 heterocycles. The van der Waals surface area contributed by atoms with Crippen molar-refractivity contribution in [2.45, 2.75) is 107 Å².